The second kappa shape index (κ2) is 5.56. The predicted octanol–water partition coefficient (Wildman–Crippen LogP) is 2.98. The summed E-state index contributed by atoms with van der Waals surface area (Å²) in [5, 5.41) is 5.82. The molecule has 2 rings (SSSR count). The van der Waals surface area contributed by atoms with Crippen molar-refractivity contribution in [3.63, 3.8) is 0 Å². The average Bonchev–Trinajstić information content (AvgIpc) is 2.75. The van der Waals surface area contributed by atoms with Crippen LogP contribution < -0.4 is 10.6 Å². The van der Waals surface area contributed by atoms with E-state index in [0.29, 0.717) is 5.56 Å². The molecule has 2 N–H and O–H groups in total. The van der Waals surface area contributed by atoms with Crippen molar-refractivity contribution in [1.82, 2.24) is 4.98 Å². The van der Waals surface area contributed by atoms with E-state index in [4.69, 9.17) is 4.42 Å². The fourth-order valence-electron chi connectivity index (χ4n) is 1.77. The van der Waals surface area contributed by atoms with Gasteiger partial charge in [0, 0.05) is 12.2 Å². The zero-order valence-electron chi connectivity index (χ0n) is 11.3. The number of hydrogen-bond donors (Lipinski definition) is 2. The highest BCUT2D eigenvalue weighted by Gasteiger charge is 2.13. The first kappa shape index (κ1) is 13.1. The van der Waals surface area contributed by atoms with Crippen LogP contribution in [0.5, 0.6) is 0 Å². The quantitative estimate of drug-likeness (QED) is 0.885. The molecule has 0 saturated carbocycles. The maximum absolute atomic E-state index is 12.2. The van der Waals surface area contributed by atoms with Crippen molar-refractivity contribution in [2.75, 3.05) is 17.2 Å². The number of hydrogen-bond acceptors (Lipinski definition) is 4. The Balaban J connectivity index is 2.23. The number of rotatable bonds is 4. The minimum absolute atomic E-state index is 0.213. The van der Waals surface area contributed by atoms with Crippen molar-refractivity contribution in [3.05, 3.63) is 41.3 Å². The van der Waals surface area contributed by atoms with Crippen LogP contribution >= 0.6 is 0 Å². The van der Waals surface area contributed by atoms with Gasteiger partial charge in [0.05, 0.1) is 11.3 Å². The Labute approximate surface area is 112 Å². The molecule has 1 amide bonds. The number of nitrogens with one attached hydrogen (secondary N) is 2. The zero-order chi connectivity index (χ0) is 13.8. The van der Waals surface area contributed by atoms with Crippen LogP contribution in [-0.4, -0.2) is 17.4 Å². The summed E-state index contributed by atoms with van der Waals surface area (Å²) in [7, 11) is 0. The molecule has 0 saturated heterocycles. The van der Waals surface area contributed by atoms with Gasteiger partial charge in [0.15, 0.2) is 0 Å². The van der Waals surface area contributed by atoms with Crippen molar-refractivity contribution < 1.29 is 9.21 Å². The fraction of sp³-hybridized carbons (Fsp3) is 0.286. The normalized spacial score (nSPS) is 10.3. The van der Waals surface area contributed by atoms with E-state index >= 15 is 0 Å². The van der Waals surface area contributed by atoms with Crippen LogP contribution in [0.15, 0.2) is 28.9 Å². The van der Waals surface area contributed by atoms with Gasteiger partial charge in [0.2, 0.25) is 0 Å². The monoisotopic (exact) mass is 259 g/mol. The zero-order valence-corrected chi connectivity index (χ0v) is 11.3. The molecule has 5 nitrogen and oxygen atoms in total. The van der Waals surface area contributed by atoms with Crippen molar-refractivity contribution in [1.29, 1.82) is 0 Å². The third kappa shape index (κ3) is 3.13. The van der Waals surface area contributed by atoms with Crippen molar-refractivity contribution in [3.8, 4) is 0 Å². The summed E-state index contributed by atoms with van der Waals surface area (Å²) in [6.45, 7) is 6.53. The van der Waals surface area contributed by atoms with Gasteiger partial charge in [-0.2, -0.15) is 4.98 Å². The van der Waals surface area contributed by atoms with Crippen molar-refractivity contribution in [2.24, 2.45) is 0 Å². The van der Waals surface area contributed by atoms with E-state index in [2.05, 4.69) is 15.6 Å². The van der Waals surface area contributed by atoms with Crippen LogP contribution in [0.2, 0.25) is 0 Å². The summed E-state index contributed by atoms with van der Waals surface area (Å²) in [5.74, 6) is -0.238. The lowest BCUT2D eigenvalue weighted by Gasteiger charge is -2.10. The SMILES string of the molecule is CCNc1cc(C)ccc1C(=O)Nc1nc(C)co1. The van der Waals surface area contributed by atoms with Gasteiger partial charge in [0.25, 0.3) is 5.91 Å². The first-order chi connectivity index (χ1) is 9.10. The van der Waals surface area contributed by atoms with E-state index < -0.39 is 0 Å². The van der Waals surface area contributed by atoms with E-state index in [9.17, 15) is 4.79 Å². The third-order valence-electron chi connectivity index (χ3n) is 2.63. The molecule has 0 bridgehead atoms. The largest absolute Gasteiger partial charge is 0.432 e. The molecule has 0 fully saturated rings. The third-order valence-corrected chi connectivity index (χ3v) is 2.63. The lowest BCUT2D eigenvalue weighted by atomic mass is 10.1. The summed E-state index contributed by atoms with van der Waals surface area (Å²) < 4.78 is 5.12. The fourth-order valence-corrected chi connectivity index (χ4v) is 1.77. The summed E-state index contributed by atoms with van der Waals surface area (Å²) in [6, 6.07) is 5.85. The molecule has 0 atom stereocenters. The number of aryl methyl sites for hydroxylation is 2. The summed E-state index contributed by atoms with van der Waals surface area (Å²) >= 11 is 0. The highest BCUT2D eigenvalue weighted by molar-refractivity contribution is 6.07. The molecule has 100 valence electrons. The van der Waals surface area contributed by atoms with Crippen molar-refractivity contribution in [2.45, 2.75) is 20.8 Å². The number of carbonyl (C=O) groups is 1. The summed E-state index contributed by atoms with van der Waals surface area (Å²) in [4.78, 5) is 16.2. The highest BCUT2D eigenvalue weighted by atomic mass is 16.4. The maximum Gasteiger partial charge on any atom is 0.301 e. The first-order valence-electron chi connectivity index (χ1n) is 6.18. The van der Waals surface area contributed by atoms with Gasteiger partial charge in [0.1, 0.15) is 6.26 Å². The Bertz CT molecular complexity index is 590. The lowest BCUT2D eigenvalue weighted by Crippen LogP contribution is -2.15. The van der Waals surface area contributed by atoms with E-state index in [1.807, 2.05) is 26.0 Å². The second-order valence-corrected chi connectivity index (χ2v) is 4.33. The lowest BCUT2D eigenvalue weighted by molar-refractivity contribution is 0.102. The number of carbonyl (C=O) groups excluding carboxylic acids is 1. The Morgan fingerprint density at radius 3 is 2.79 bits per heavy atom. The molecular weight excluding hydrogens is 242 g/mol. The first-order valence-corrected chi connectivity index (χ1v) is 6.18. The van der Waals surface area contributed by atoms with E-state index in [-0.39, 0.29) is 11.9 Å². The van der Waals surface area contributed by atoms with Gasteiger partial charge in [-0.25, -0.2) is 0 Å². The van der Waals surface area contributed by atoms with Crippen LogP contribution in [0, 0.1) is 13.8 Å². The molecule has 0 aliphatic rings. The van der Waals surface area contributed by atoms with Crippen LogP contribution in [-0.2, 0) is 0 Å². The molecule has 2 aromatic rings. The summed E-state index contributed by atoms with van der Waals surface area (Å²) in [5.41, 5.74) is 3.21. The number of oxazole rings is 1. The molecule has 19 heavy (non-hydrogen) atoms. The molecular formula is C14H17N3O2. The molecule has 0 unspecified atom stereocenters. The molecule has 1 heterocycles. The molecule has 0 spiro atoms. The van der Waals surface area contributed by atoms with Crippen LogP contribution in [0.4, 0.5) is 11.7 Å². The van der Waals surface area contributed by atoms with Gasteiger partial charge in [-0.3, -0.25) is 10.1 Å². The standard InChI is InChI=1S/C14H17N3O2/c1-4-15-12-7-9(2)5-6-11(12)13(18)17-14-16-10(3)8-19-14/h5-8,15H,4H2,1-3H3,(H,16,17,18). The maximum atomic E-state index is 12.2. The summed E-state index contributed by atoms with van der Waals surface area (Å²) in [6.07, 6.45) is 1.50. The molecule has 1 aromatic heterocycles. The van der Waals surface area contributed by atoms with Crippen LogP contribution in [0.25, 0.3) is 0 Å². The Morgan fingerprint density at radius 2 is 2.16 bits per heavy atom. The number of anilines is 2. The molecule has 0 aliphatic carbocycles. The second-order valence-electron chi connectivity index (χ2n) is 4.33. The Kier molecular flexibility index (Phi) is 3.85. The predicted molar refractivity (Wildman–Crippen MR) is 74.5 cm³/mol. The smallest absolute Gasteiger partial charge is 0.301 e. The minimum Gasteiger partial charge on any atom is -0.432 e. The number of amides is 1. The van der Waals surface area contributed by atoms with Gasteiger partial charge < -0.3 is 9.73 Å². The number of nitrogens with zero attached hydrogens (tertiary/aromatic N) is 1. The van der Waals surface area contributed by atoms with Gasteiger partial charge in [-0.1, -0.05) is 6.07 Å². The number of aromatic nitrogens is 1. The molecule has 0 radical (unpaired) electrons. The molecule has 1 aromatic carbocycles. The topological polar surface area (TPSA) is 67.2 Å². The van der Waals surface area contributed by atoms with E-state index in [0.717, 1.165) is 23.5 Å². The van der Waals surface area contributed by atoms with Gasteiger partial charge in [-0.05, 0) is 38.5 Å². The average molecular weight is 259 g/mol. The van der Waals surface area contributed by atoms with Crippen LogP contribution in [0.3, 0.4) is 0 Å². The molecule has 5 heteroatoms. The van der Waals surface area contributed by atoms with Crippen LogP contribution in [0.1, 0.15) is 28.5 Å². The minimum atomic E-state index is -0.238. The molecule has 0 aliphatic heterocycles. The van der Waals surface area contributed by atoms with Crippen molar-refractivity contribution >= 4 is 17.6 Å². The van der Waals surface area contributed by atoms with E-state index in [1.165, 1.54) is 6.26 Å². The van der Waals surface area contributed by atoms with Gasteiger partial charge in [-0.15, -0.1) is 0 Å². The number of benzene rings is 1. The Hall–Kier alpha value is -2.30. The highest BCUT2D eigenvalue weighted by Crippen LogP contribution is 2.19. The Morgan fingerprint density at radius 1 is 1.37 bits per heavy atom. The van der Waals surface area contributed by atoms with Gasteiger partial charge >= 0.3 is 6.01 Å². The van der Waals surface area contributed by atoms with E-state index in [1.54, 1.807) is 13.0 Å².